The Hall–Kier alpha value is -2.10. The summed E-state index contributed by atoms with van der Waals surface area (Å²) in [4.78, 5) is 8.68. The predicted octanol–water partition coefficient (Wildman–Crippen LogP) is 3.23. The van der Waals surface area contributed by atoms with Crippen LogP contribution in [0.4, 0.5) is 5.95 Å². The standard InChI is InChI=1S/C16H21N3O/c1-12(9-10-14-7-5-4-6-8-14)17-16-18-13(2)11-15(19-16)20-3/h4-8,11-12H,9-10H2,1-3H3,(H,17,18,19)/t12-/m0/s1. The van der Waals surface area contributed by atoms with Crippen LogP contribution in [0.2, 0.25) is 0 Å². The van der Waals surface area contributed by atoms with Crippen molar-refractivity contribution in [1.82, 2.24) is 9.97 Å². The van der Waals surface area contributed by atoms with Crippen LogP contribution in [-0.4, -0.2) is 23.1 Å². The van der Waals surface area contributed by atoms with Crippen LogP contribution in [0.1, 0.15) is 24.6 Å². The van der Waals surface area contributed by atoms with Gasteiger partial charge < -0.3 is 10.1 Å². The molecule has 0 aliphatic rings. The average Bonchev–Trinajstić information content (AvgIpc) is 2.45. The van der Waals surface area contributed by atoms with Gasteiger partial charge in [-0.05, 0) is 32.3 Å². The van der Waals surface area contributed by atoms with Gasteiger partial charge in [0.2, 0.25) is 11.8 Å². The molecule has 4 heteroatoms. The van der Waals surface area contributed by atoms with E-state index in [0.29, 0.717) is 17.9 Å². The summed E-state index contributed by atoms with van der Waals surface area (Å²) in [6, 6.07) is 12.6. The van der Waals surface area contributed by atoms with Crippen molar-refractivity contribution in [3.05, 3.63) is 47.7 Å². The van der Waals surface area contributed by atoms with E-state index in [1.54, 1.807) is 7.11 Å². The first kappa shape index (κ1) is 14.3. The molecule has 2 rings (SSSR count). The molecule has 4 nitrogen and oxygen atoms in total. The lowest BCUT2D eigenvalue weighted by molar-refractivity contribution is 0.397. The number of ether oxygens (including phenoxy) is 1. The zero-order valence-corrected chi connectivity index (χ0v) is 12.3. The Morgan fingerprint density at radius 1 is 1.20 bits per heavy atom. The summed E-state index contributed by atoms with van der Waals surface area (Å²) in [6.45, 7) is 4.07. The van der Waals surface area contributed by atoms with Crippen molar-refractivity contribution in [2.75, 3.05) is 12.4 Å². The summed E-state index contributed by atoms with van der Waals surface area (Å²) < 4.78 is 5.16. The molecule has 0 saturated carbocycles. The van der Waals surface area contributed by atoms with E-state index < -0.39 is 0 Å². The Kier molecular flexibility index (Phi) is 4.93. The average molecular weight is 271 g/mol. The minimum absolute atomic E-state index is 0.307. The molecule has 0 radical (unpaired) electrons. The second-order valence-corrected chi connectivity index (χ2v) is 4.94. The van der Waals surface area contributed by atoms with Crippen LogP contribution >= 0.6 is 0 Å². The SMILES string of the molecule is COc1cc(C)nc(N[C@@H](C)CCc2ccccc2)n1. The molecule has 1 aromatic heterocycles. The highest BCUT2D eigenvalue weighted by Crippen LogP contribution is 2.13. The minimum atomic E-state index is 0.307. The van der Waals surface area contributed by atoms with Gasteiger partial charge in [0.25, 0.3) is 0 Å². The normalized spacial score (nSPS) is 11.9. The van der Waals surface area contributed by atoms with Gasteiger partial charge in [-0.1, -0.05) is 30.3 Å². The van der Waals surface area contributed by atoms with Crippen molar-refractivity contribution < 1.29 is 4.74 Å². The first-order chi connectivity index (χ1) is 9.67. The number of anilines is 1. The van der Waals surface area contributed by atoms with Crippen LogP contribution < -0.4 is 10.1 Å². The summed E-state index contributed by atoms with van der Waals surface area (Å²) in [5.41, 5.74) is 2.25. The monoisotopic (exact) mass is 271 g/mol. The van der Waals surface area contributed by atoms with Gasteiger partial charge in [0.15, 0.2) is 0 Å². The van der Waals surface area contributed by atoms with Crippen LogP contribution in [0.25, 0.3) is 0 Å². The number of hydrogen-bond acceptors (Lipinski definition) is 4. The number of nitrogens with one attached hydrogen (secondary N) is 1. The van der Waals surface area contributed by atoms with E-state index in [1.165, 1.54) is 5.56 Å². The highest BCUT2D eigenvalue weighted by atomic mass is 16.5. The zero-order valence-electron chi connectivity index (χ0n) is 12.3. The fourth-order valence-electron chi connectivity index (χ4n) is 2.03. The molecule has 1 heterocycles. The Morgan fingerprint density at radius 3 is 2.65 bits per heavy atom. The fourth-order valence-corrected chi connectivity index (χ4v) is 2.03. The molecule has 0 aliphatic heterocycles. The van der Waals surface area contributed by atoms with E-state index in [2.05, 4.69) is 46.5 Å². The zero-order chi connectivity index (χ0) is 14.4. The van der Waals surface area contributed by atoms with Gasteiger partial charge in [-0.2, -0.15) is 4.98 Å². The molecule has 1 aromatic carbocycles. The number of aromatic nitrogens is 2. The van der Waals surface area contributed by atoms with Gasteiger partial charge >= 0.3 is 0 Å². The Bertz CT molecular complexity index is 543. The van der Waals surface area contributed by atoms with Crippen LogP contribution in [0.5, 0.6) is 5.88 Å². The highest BCUT2D eigenvalue weighted by Gasteiger charge is 2.07. The molecule has 0 spiro atoms. The van der Waals surface area contributed by atoms with E-state index in [4.69, 9.17) is 4.74 Å². The van der Waals surface area contributed by atoms with Gasteiger partial charge in [-0.25, -0.2) is 4.98 Å². The molecule has 2 aromatic rings. The second-order valence-electron chi connectivity index (χ2n) is 4.94. The van der Waals surface area contributed by atoms with Gasteiger partial charge in [-0.15, -0.1) is 0 Å². The van der Waals surface area contributed by atoms with Crippen LogP contribution in [0.3, 0.4) is 0 Å². The molecule has 0 unspecified atom stereocenters. The topological polar surface area (TPSA) is 47.0 Å². The van der Waals surface area contributed by atoms with Crippen molar-refractivity contribution in [3.8, 4) is 5.88 Å². The summed E-state index contributed by atoms with van der Waals surface area (Å²) >= 11 is 0. The van der Waals surface area contributed by atoms with Crippen molar-refractivity contribution >= 4 is 5.95 Å². The smallest absolute Gasteiger partial charge is 0.226 e. The Morgan fingerprint density at radius 2 is 1.95 bits per heavy atom. The van der Waals surface area contributed by atoms with E-state index in [-0.39, 0.29) is 0 Å². The van der Waals surface area contributed by atoms with E-state index in [1.807, 2.05) is 19.1 Å². The van der Waals surface area contributed by atoms with E-state index >= 15 is 0 Å². The Balaban J connectivity index is 1.91. The van der Waals surface area contributed by atoms with Crippen molar-refractivity contribution in [3.63, 3.8) is 0 Å². The molecule has 1 atom stereocenters. The number of nitrogens with zero attached hydrogens (tertiary/aromatic N) is 2. The third kappa shape index (κ3) is 4.23. The molecule has 0 fully saturated rings. The second kappa shape index (κ2) is 6.89. The summed E-state index contributed by atoms with van der Waals surface area (Å²) in [6.07, 6.45) is 2.07. The van der Waals surface area contributed by atoms with Crippen LogP contribution in [0.15, 0.2) is 36.4 Å². The first-order valence-electron chi connectivity index (χ1n) is 6.87. The molecule has 0 aliphatic carbocycles. The lowest BCUT2D eigenvalue weighted by Crippen LogP contribution is -2.18. The number of methoxy groups -OCH3 is 1. The van der Waals surface area contributed by atoms with Gasteiger partial charge in [0, 0.05) is 17.8 Å². The highest BCUT2D eigenvalue weighted by molar-refractivity contribution is 5.31. The predicted molar refractivity (Wildman–Crippen MR) is 81.2 cm³/mol. The van der Waals surface area contributed by atoms with E-state index in [9.17, 15) is 0 Å². The van der Waals surface area contributed by atoms with Gasteiger partial charge in [0.05, 0.1) is 7.11 Å². The summed E-state index contributed by atoms with van der Waals surface area (Å²) in [5.74, 6) is 1.22. The van der Waals surface area contributed by atoms with E-state index in [0.717, 1.165) is 18.5 Å². The maximum absolute atomic E-state index is 5.16. The third-order valence-electron chi connectivity index (χ3n) is 3.12. The minimum Gasteiger partial charge on any atom is -0.481 e. The molecule has 0 bridgehead atoms. The molecule has 0 saturated heterocycles. The van der Waals surface area contributed by atoms with Crippen molar-refractivity contribution in [1.29, 1.82) is 0 Å². The number of rotatable bonds is 6. The summed E-state index contributed by atoms with van der Waals surface area (Å²) in [7, 11) is 1.62. The van der Waals surface area contributed by atoms with Crippen molar-refractivity contribution in [2.24, 2.45) is 0 Å². The molecular formula is C16H21N3O. The van der Waals surface area contributed by atoms with Gasteiger partial charge in [0.1, 0.15) is 0 Å². The number of hydrogen-bond donors (Lipinski definition) is 1. The molecule has 1 N–H and O–H groups in total. The molecule has 106 valence electrons. The maximum atomic E-state index is 5.16. The van der Waals surface area contributed by atoms with Crippen LogP contribution in [-0.2, 0) is 6.42 Å². The lowest BCUT2D eigenvalue weighted by Gasteiger charge is -2.14. The third-order valence-corrected chi connectivity index (χ3v) is 3.12. The van der Waals surface area contributed by atoms with Crippen molar-refractivity contribution in [2.45, 2.75) is 32.7 Å². The number of aryl methyl sites for hydroxylation is 2. The Labute approximate surface area is 120 Å². The van der Waals surface area contributed by atoms with Crippen LogP contribution in [0, 0.1) is 6.92 Å². The molecule has 20 heavy (non-hydrogen) atoms. The fraction of sp³-hybridized carbons (Fsp3) is 0.375. The largest absolute Gasteiger partial charge is 0.481 e. The molecular weight excluding hydrogens is 250 g/mol. The molecule has 0 amide bonds. The maximum Gasteiger partial charge on any atom is 0.226 e. The van der Waals surface area contributed by atoms with Gasteiger partial charge in [-0.3, -0.25) is 0 Å². The lowest BCUT2D eigenvalue weighted by atomic mass is 10.1. The first-order valence-corrected chi connectivity index (χ1v) is 6.87. The number of benzene rings is 1. The quantitative estimate of drug-likeness (QED) is 0.876. The summed E-state index contributed by atoms with van der Waals surface area (Å²) in [5, 5.41) is 3.33.